The molecule has 0 fully saturated rings. The van der Waals surface area contributed by atoms with Crippen LogP contribution < -0.4 is 5.46 Å². The minimum atomic E-state index is -1.06. The van der Waals surface area contributed by atoms with E-state index in [-0.39, 0.29) is 12.4 Å². The van der Waals surface area contributed by atoms with Gasteiger partial charge in [-0.25, -0.2) is 0 Å². The van der Waals surface area contributed by atoms with Crippen LogP contribution in [0.15, 0.2) is 24.3 Å². The second kappa shape index (κ2) is 7.61. The highest BCUT2D eigenvalue weighted by Crippen LogP contribution is 2.25. The molecule has 2 N–H and O–H groups in total. The largest absolute Gasteiger partial charge is 0.491 e. The van der Waals surface area contributed by atoms with Crippen LogP contribution in [0.2, 0.25) is 0 Å². The van der Waals surface area contributed by atoms with E-state index in [1.165, 1.54) is 0 Å². The van der Waals surface area contributed by atoms with Crippen molar-refractivity contribution in [3.05, 3.63) is 29.8 Å². The molecular formula is C15H27BClNO3. The number of rotatable bonds is 6. The molecule has 0 heterocycles. The van der Waals surface area contributed by atoms with Gasteiger partial charge in [0.2, 0.25) is 0 Å². The van der Waals surface area contributed by atoms with Crippen LogP contribution in [-0.2, 0) is 11.2 Å². The van der Waals surface area contributed by atoms with E-state index in [0.717, 1.165) is 12.1 Å². The predicted molar refractivity (Wildman–Crippen MR) is 90.1 cm³/mol. The summed E-state index contributed by atoms with van der Waals surface area (Å²) in [4.78, 5) is 2.06. The van der Waals surface area contributed by atoms with Gasteiger partial charge in [0, 0.05) is 6.54 Å². The van der Waals surface area contributed by atoms with Crippen molar-refractivity contribution in [2.75, 3.05) is 14.1 Å². The number of hydrogen-bond donors (Lipinski definition) is 2. The molecule has 120 valence electrons. The van der Waals surface area contributed by atoms with Crippen molar-refractivity contribution in [3.63, 3.8) is 0 Å². The Labute approximate surface area is 134 Å². The molecule has 0 aliphatic carbocycles. The van der Waals surface area contributed by atoms with Gasteiger partial charge < -0.3 is 19.7 Å². The van der Waals surface area contributed by atoms with E-state index in [2.05, 4.69) is 4.90 Å². The molecule has 0 atom stereocenters. The molecule has 0 amide bonds. The smallest absolute Gasteiger partial charge is 0.423 e. The van der Waals surface area contributed by atoms with Gasteiger partial charge in [0.15, 0.2) is 0 Å². The van der Waals surface area contributed by atoms with Crippen molar-refractivity contribution in [1.82, 2.24) is 4.90 Å². The van der Waals surface area contributed by atoms with Gasteiger partial charge in [-0.05, 0) is 52.8 Å². The van der Waals surface area contributed by atoms with Crippen molar-refractivity contribution >= 4 is 25.0 Å². The molecule has 0 unspecified atom stereocenters. The molecule has 6 heteroatoms. The van der Waals surface area contributed by atoms with Crippen molar-refractivity contribution < 1.29 is 14.8 Å². The highest BCUT2D eigenvalue weighted by Gasteiger charge is 2.39. The molecule has 21 heavy (non-hydrogen) atoms. The maximum Gasteiger partial charge on any atom is 0.491 e. The first kappa shape index (κ1) is 20.4. The first-order valence-corrected chi connectivity index (χ1v) is 6.85. The molecular weight excluding hydrogens is 288 g/mol. The molecule has 0 radical (unpaired) electrons. The van der Waals surface area contributed by atoms with Crippen LogP contribution in [0.3, 0.4) is 0 Å². The predicted octanol–water partition coefficient (Wildman–Crippen LogP) is 1.42. The van der Waals surface area contributed by atoms with Crippen molar-refractivity contribution in [2.45, 2.75) is 45.4 Å². The monoisotopic (exact) mass is 315 g/mol. The van der Waals surface area contributed by atoms with Gasteiger partial charge in [-0.1, -0.05) is 24.3 Å². The quantitative estimate of drug-likeness (QED) is 0.780. The van der Waals surface area contributed by atoms with Crippen LogP contribution in [0.4, 0.5) is 0 Å². The van der Waals surface area contributed by atoms with Gasteiger partial charge >= 0.3 is 7.12 Å². The minimum absolute atomic E-state index is 0. The summed E-state index contributed by atoms with van der Waals surface area (Å²) in [5.74, 6) is 0. The van der Waals surface area contributed by atoms with Crippen LogP contribution in [0.1, 0.15) is 33.3 Å². The average Bonchev–Trinajstić information content (AvgIpc) is 2.26. The lowest BCUT2D eigenvalue weighted by atomic mass is 9.76. The minimum Gasteiger partial charge on any atom is -0.423 e. The second-order valence-corrected chi connectivity index (χ2v) is 6.52. The molecule has 0 spiro atoms. The fourth-order valence-electron chi connectivity index (χ4n) is 1.70. The molecule has 0 saturated carbocycles. The fourth-order valence-corrected chi connectivity index (χ4v) is 1.70. The summed E-state index contributed by atoms with van der Waals surface area (Å²) in [6, 6.07) is 7.66. The van der Waals surface area contributed by atoms with Gasteiger partial charge in [-0.15, -0.1) is 12.4 Å². The maximum absolute atomic E-state index is 10.2. The van der Waals surface area contributed by atoms with E-state index in [4.69, 9.17) is 4.65 Å². The molecule has 0 saturated heterocycles. The Morgan fingerprint density at radius 2 is 1.76 bits per heavy atom. The van der Waals surface area contributed by atoms with Crippen LogP contribution in [0.5, 0.6) is 0 Å². The lowest BCUT2D eigenvalue weighted by Crippen LogP contribution is -2.53. The lowest BCUT2D eigenvalue weighted by molar-refractivity contribution is -0.0982. The summed E-state index contributed by atoms with van der Waals surface area (Å²) >= 11 is 0. The van der Waals surface area contributed by atoms with Crippen molar-refractivity contribution in [3.8, 4) is 0 Å². The molecule has 1 aromatic rings. The number of benzene rings is 1. The van der Waals surface area contributed by atoms with E-state index in [9.17, 15) is 10.1 Å². The molecule has 4 nitrogen and oxygen atoms in total. The number of halogens is 1. The molecule has 0 aromatic heterocycles. The first-order valence-electron chi connectivity index (χ1n) is 6.85. The van der Waals surface area contributed by atoms with Crippen LogP contribution in [-0.4, -0.2) is 47.4 Å². The molecule has 0 bridgehead atoms. The Kier molecular flexibility index (Phi) is 7.40. The Morgan fingerprint density at radius 1 is 1.19 bits per heavy atom. The molecule has 1 rings (SSSR count). The fraction of sp³-hybridized carbons (Fsp3) is 0.600. The number of aliphatic hydroxyl groups is 1. The highest BCUT2D eigenvalue weighted by atomic mass is 35.5. The standard InChI is InChI=1S/C15H26BNO3.ClH/c1-14(2,18)15(3,4)20-16(19)13-9-7-8-12(10-13)11-17(5)6;/h7-10,18-19H,11H2,1-6H3;1H. The number of nitrogens with zero attached hydrogens (tertiary/aromatic N) is 1. The SMILES string of the molecule is CN(C)Cc1cccc(B(O)OC(C)(C)C(C)(C)O)c1.Cl. The topological polar surface area (TPSA) is 52.9 Å². The zero-order valence-electron chi connectivity index (χ0n) is 13.8. The summed E-state index contributed by atoms with van der Waals surface area (Å²) in [7, 11) is 2.94. The molecule has 0 aliphatic rings. The highest BCUT2D eigenvalue weighted by molar-refractivity contribution is 6.60. The van der Waals surface area contributed by atoms with Gasteiger partial charge in [0.05, 0.1) is 11.2 Å². The van der Waals surface area contributed by atoms with E-state index < -0.39 is 18.3 Å². The van der Waals surface area contributed by atoms with Crippen LogP contribution >= 0.6 is 12.4 Å². The Bertz CT molecular complexity index is 447. The zero-order chi connectivity index (χ0) is 15.6. The van der Waals surface area contributed by atoms with Crippen molar-refractivity contribution in [2.24, 2.45) is 0 Å². The summed E-state index contributed by atoms with van der Waals surface area (Å²) in [5, 5.41) is 20.3. The summed E-state index contributed by atoms with van der Waals surface area (Å²) in [5.41, 5.74) is -0.1000. The van der Waals surface area contributed by atoms with Gasteiger partial charge in [-0.3, -0.25) is 0 Å². The van der Waals surface area contributed by atoms with E-state index >= 15 is 0 Å². The summed E-state index contributed by atoms with van der Waals surface area (Å²) < 4.78 is 5.64. The van der Waals surface area contributed by atoms with E-state index in [1.807, 2.05) is 38.4 Å². The maximum atomic E-state index is 10.2. The normalized spacial score (nSPS) is 12.2. The van der Waals surface area contributed by atoms with Gasteiger partial charge in [0.25, 0.3) is 0 Å². The second-order valence-electron chi connectivity index (χ2n) is 6.52. The van der Waals surface area contributed by atoms with Gasteiger partial charge in [0.1, 0.15) is 0 Å². The van der Waals surface area contributed by atoms with Gasteiger partial charge in [-0.2, -0.15) is 0 Å². The number of hydrogen-bond acceptors (Lipinski definition) is 4. The Hall–Kier alpha value is -0.585. The Morgan fingerprint density at radius 3 is 2.24 bits per heavy atom. The Balaban J connectivity index is 0.00000400. The summed E-state index contributed by atoms with van der Waals surface area (Å²) in [6.07, 6.45) is 0. The third-order valence-electron chi connectivity index (χ3n) is 3.61. The summed E-state index contributed by atoms with van der Waals surface area (Å²) in [6.45, 7) is 7.67. The van der Waals surface area contributed by atoms with Crippen LogP contribution in [0, 0.1) is 0 Å². The average molecular weight is 316 g/mol. The van der Waals surface area contributed by atoms with Crippen molar-refractivity contribution in [1.29, 1.82) is 0 Å². The third kappa shape index (κ3) is 5.97. The van der Waals surface area contributed by atoms with E-state index in [0.29, 0.717) is 5.46 Å². The van der Waals surface area contributed by atoms with Crippen LogP contribution in [0.25, 0.3) is 0 Å². The first-order chi connectivity index (χ1) is 9.03. The zero-order valence-corrected chi connectivity index (χ0v) is 14.6. The molecule has 0 aliphatic heterocycles. The third-order valence-corrected chi connectivity index (χ3v) is 3.61. The lowest BCUT2D eigenvalue weighted by Gasteiger charge is -2.38. The molecule has 1 aromatic carbocycles. The van der Waals surface area contributed by atoms with E-state index in [1.54, 1.807) is 27.7 Å².